The second-order valence-corrected chi connectivity index (χ2v) is 3.81. The number of methoxy groups -OCH3 is 1. The molecule has 0 atom stereocenters. The Morgan fingerprint density at radius 2 is 2.00 bits per heavy atom. The molecular weight excluding hydrogens is 269 g/mol. The van der Waals surface area contributed by atoms with Crippen LogP contribution in [0.1, 0.15) is 0 Å². The molecule has 1 N–H and O–H groups in total. The van der Waals surface area contributed by atoms with Gasteiger partial charge in [-0.15, -0.1) is 0 Å². The number of phenols is 1. The maximum absolute atomic E-state index is 13.8. The summed E-state index contributed by atoms with van der Waals surface area (Å²) in [6, 6.07) is 7.54. The molecule has 0 aliphatic heterocycles. The first-order valence-electron chi connectivity index (χ1n) is 5.50. The third-order valence-electron chi connectivity index (χ3n) is 2.48. The molecule has 0 fully saturated rings. The van der Waals surface area contributed by atoms with Crippen molar-refractivity contribution in [1.82, 2.24) is 0 Å². The van der Waals surface area contributed by atoms with E-state index >= 15 is 0 Å². The van der Waals surface area contributed by atoms with Gasteiger partial charge in [0.05, 0.1) is 18.1 Å². The summed E-state index contributed by atoms with van der Waals surface area (Å²) in [5, 5.41) is 20.0. The van der Waals surface area contributed by atoms with Crippen molar-refractivity contribution in [3.05, 3.63) is 52.3 Å². The van der Waals surface area contributed by atoms with E-state index in [4.69, 9.17) is 9.47 Å². The molecule has 6 nitrogen and oxygen atoms in total. The summed E-state index contributed by atoms with van der Waals surface area (Å²) in [6.45, 7) is 0. The summed E-state index contributed by atoms with van der Waals surface area (Å²) in [7, 11) is 1.23. The molecule has 0 aliphatic carbocycles. The van der Waals surface area contributed by atoms with Crippen molar-refractivity contribution in [1.29, 1.82) is 0 Å². The first-order valence-corrected chi connectivity index (χ1v) is 5.50. The topological polar surface area (TPSA) is 81.8 Å². The molecule has 7 heteroatoms. The predicted octanol–water partition coefficient (Wildman–Crippen LogP) is 3.24. The van der Waals surface area contributed by atoms with E-state index in [0.717, 1.165) is 12.1 Å². The lowest BCUT2D eigenvalue weighted by Crippen LogP contribution is -1.97. The Morgan fingerprint density at radius 3 is 2.60 bits per heavy atom. The number of halogens is 1. The third-order valence-corrected chi connectivity index (χ3v) is 2.48. The summed E-state index contributed by atoms with van der Waals surface area (Å²) in [5.41, 5.74) is -0.492. The van der Waals surface area contributed by atoms with Gasteiger partial charge in [0.2, 0.25) is 5.75 Å². The zero-order valence-electron chi connectivity index (χ0n) is 10.4. The minimum Gasteiger partial charge on any atom is -0.508 e. The van der Waals surface area contributed by atoms with Crippen LogP contribution in [0.2, 0.25) is 0 Å². The van der Waals surface area contributed by atoms with Crippen LogP contribution in [0, 0.1) is 15.9 Å². The second-order valence-electron chi connectivity index (χ2n) is 3.81. The molecule has 2 rings (SSSR count). The van der Waals surface area contributed by atoms with Crippen LogP contribution < -0.4 is 9.47 Å². The van der Waals surface area contributed by atoms with Gasteiger partial charge in [-0.1, -0.05) is 6.07 Å². The quantitative estimate of drug-likeness (QED) is 0.686. The summed E-state index contributed by atoms with van der Waals surface area (Å²) in [6.07, 6.45) is 0. The minimum absolute atomic E-state index is 0.0446. The maximum Gasteiger partial charge on any atom is 0.314 e. The van der Waals surface area contributed by atoms with Crippen LogP contribution in [0.3, 0.4) is 0 Å². The van der Waals surface area contributed by atoms with Gasteiger partial charge < -0.3 is 14.6 Å². The highest BCUT2D eigenvalue weighted by Crippen LogP contribution is 2.36. The lowest BCUT2D eigenvalue weighted by molar-refractivity contribution is -0.386. The van der Waals surface area contributed by atoms with Gasteiger partial charge in [0.1, 0.15) is 11.5 Å². The van der Waals surface area contributed by atoms with Crippen molar-refractivity contribution >= 4 is 5.69 Å². The fourth-order valence-corrected chi connectivity index (χ4v) is 1.58. The maximum atomic E-state index is 13.8. The number of nitrogens with zero attached hydrogens (tertiary/aromatic N) is 1. The number of hydrogen-bond acceptors (Lipinski definition) is 5. The second kappa shape index (κ2) is 5.43. The normalized spacial score (nSPS) is 10.1. The highest BCUT2D eigenvalue weighted by molar-refractivity contribution is 5.52. The number of nitro benzene ring substituents is 1. The number of rotatable bonds is 4. The molecule has 0 radical (unpaired) electrons. The van der Waals surface area contributed by atoms with E-state index in [1.807, 2.05) is 0 Å². The molecule has 0 saturated carbocycles. The zero-order chi connectivity index (χ0) is 14.7. The van der Waals surface area contributed by atoms with Crippen LogP contribution in [0.5, 0.6) is 23.0 Å². The van der Waals surface area contributed by atoms with Gasteiger partial charge in [-0.3, -0.25) is 10.1 Å². The van der Waals surface area contributed by atoms with Gasteiger partial charge in [0, 0.05) is 12.1 Å². The molecule has 0 saturated heterocycles. The van der Waals surface area contributed by atoms with Crippen LogP contribution in [0.15, 0.2) is 36.4 Å². The van der Waals surface area contributed by atoms with Crippen molar-refractivity contribution < 1.29 is 23.9 Å². The SMILES string of the molecule is COc1cc(Oc2cccc(O)c2)c(F)cc1[N+](=O)[O-]. The molecule has 0 aromatic heterocycles. The average Bonchev–Trinajstić information content (AvgIpc) is 2.40. The van der Waals surface area contributed by atoms with Crippen LogP contribution in [-0.2, 0) is 0 Å². The van der Waals surface area contributed by atoms with Gasteiger partial charge in [0.25, 0.3) is 0 Å². The number of benzene rings is 2. The van der Waals surface area contributed by atoms with Crippen molar-refractivity contribution in [2.75, 3.05) is 7.11 Å². The van der Waals surface area contributed by atoms with E-state index in [9.17, 15) is 19.6 Å². The third kappa shape index (κ3) is 2.77. The van der Waals surface area contributed by atoms with E-state index in [1.165, 1.54) is 31.4 Å². The van der Waals surface area contributed by atoms with E-state index in [-0.39, 0.29) is 23.0 Å². The number of nitro groups is 1. The van der Waals surface area contributed by atoms with Gasteiger partial charge in [0.15, 0.2) is 11.6 Å². The Hall–Kier alpha value is -2.83. The summed E-state index contributed by atoms with van der Waals surface area (Å²) in [5.74, 6) is -1.11. The first kappa shape index (κ1) is 13.6. The summed E-state index contributed by atoms with van der Waals surface area (Å²) in [4.78, 5) is 9.98. The van der Waals surface area contributed by atoms with Gasteiger partial charge in [-0.05, 0) is 12.1 Å². The number of ether oxygens (including phenoxy) is 2. The highest BCUT2D eigenvalue weighted by Gasteiger charge is 2.20. The number of aromatic hydroxyl groups is 1. The van der Waals surface area contributed by atoms with Gasteiger partial charge in [-0.25, -0.2) is 4.39 Å². The van der Waals surface area contributed by atoms with Crippen molar-refractivity contribution in [3.63, 3.8) is 0 Å². The predicted molar refractivity (Wildman–Crippen MR) is 67.8 cm³/mol. The highest BCUT2D eigenvalue weighted by atomic mass is 19.1. The molecule has 0 spiro atoms. The Kier molecular flexibility index (Phi) is 3.69. The summed E-state index contributed by atoms with van der Waals surface area (Å²) >= 11 is 0. The van der Waals surface area contributed by atoms with Crippen molar-refractivity contribution in [3.8, 4) is 23.0 Å². The average molecular weight is 279 g/mol. The Labute approximate surface area is 113 Å². The standard InChI is InChI=1S/C13H10FNO5/c1-19-13-7-12(10(14)6-11(13)15(17)18)20-9-4-2-3-8(16)5-9/h2-7,16H,1H3. The Balaban J connectivity index is 2.40. The fraction of sp³-hybridized carbons (Fsp3) is 0.0769. The molecule has 2 aromatic rings. The minimum atomic E-state index is -0.902. The molecule has 20 heavy (non-hydrogen) atoms. The molecular formula is C13H10FNO5. The van der Waals surface area contributed by atoms with Crippen molar-refractivity contribution in [2.45, 2.75) is 0 Å². The van der Waals surface area contributed by atoms with E-state index in [1.54, 1.807) is 0 Å². The molecule has 2 aromatic carbocycles. The zero-order valence-corrected chi connectivity index (χ0v) is 10.4. The Morgan fingerprint density at radius 1 is 1.25 bits per heavy atom. The van der Waals surface area contributed by atoms with Crippen LogP contribution in [-0.4, -0.2) is 17.1 Å². The molecule has 0 aliphatic rings. The summed E-state index contributed by atoms with van der Waals surface area (Å²) < 4.78 is 23.8. The smallest absolute Gasteiger partial charge is 0.314 e. The largest absolute Gasteiger partial charge is 0.508 e. The fourth-order valence-electron chi connectivity index (χ4n) is 1.58. The van der Waals surface area contributed by atoms with E-state index in [0.29, 0.717) is 0 Å². The Bertz CT molecular complexity index is 659. The van der Waals surface area contributed by atoms with Crippen molar-refractivity contribution in [2.24, 2.45) is 0 Å². The van der Waals surface area contributed by atoms with E-state index in [2.05, 4.69) is 0 Å². The number of hydrogen-bond donors (Lipinski definition) is 1. The van der Waals surface area contributed by atoms with E-state index < -0.39 is 16.4 Å². The lowest BCUT2D eigenvalue weighted by Gasteiger charge is -2.09. The van der Waals surface area contributed by atoms with Crippen LogP contribution in [0.4, 0.5) is 10.1 Å². The molecule has 104 valence electrons. The molecule has 0 heterocycles. The van der Waals surface area contributed by atoms with Gasteiger partial charge in [-0.2, -0.15) is 0 Å². The van der Waals surface area contributed by atoms with Gasteiger partial charge >= 0.3 is 5.69 Å². The molecule has 0 unspecified atom stereocenters. The lowest BCUT2D eigenvalue weighted by atomic mass is 10.2. The first-order chi connectivity index (χ1) is 9.51. The molecule has 0 bridgehead atoms. The monoisotopic (exact) mass is 279 g/mol. The molecule has 0 amide bonds. The van der Waals surface area contributed by atoms with Crippen LogP contribution in [0.25, 0.3) is 0 Å². The van der Waals surface area contributed by atoms with Crippen LogP contribution >= 0.6 is 0 Å². The number of phenolic OH excluding ortho intramolecular Hbond substituents is 1.